The third-order valence-electron chi connectivity index (χ3n) is 1.42. The molecule has 0 aliphatic heterocycles. The largest absolute Gasteiger partial charge is 0.244 e. The summed E-state index contributed by atoms with van der Waals surface area (Å²) >= 11 is 5.64. The van der Waals surface area contributed by atoms with E-state index in [-0.39, 0.29) is 0 Å². The number of nitrogens with zero attached hydrogens (tertiary/aromatic N) is 1. The van der Waals surface area contributed by atoms with Crippen molar-refractivity contribution < 1.29 is 0 Å². The molecule has 12 heavy (non-hydrogen) atoms. The SMILES string of the molecule is CC(C)/C=C/c1ccc(Cl)nc1. The summed E-state index contributed by atoms with van der Waals surface area (Å²) in [4.78, 5) is 3.97. The minimum atomic E-state index is 0.539. The smallest absolute Gasteiger partial charge is 0.129 e. The van der Waals surface area contributed by atoms with Crippen molar-refractivity contribution in [1.29, 1.82) is 0 Å². The molecule has 0 bridgehead atoms. The highest BCUT2D eigenvalue weighted by Gasteiger charge is 1.89. The van der Waals surface area contributed by atoms with Crippen molar-refractivity contribution in [2.75, 3.05) is 0 Å². The highest BCUT2D eigenvalue weighted by molar-refractivity contribution is 6.29. The monoisotopic (exact) mass is 181 g/mol. The Hall–Kier alpha value is -0.820. The van der Waals surface area contributed by atoms with Gasteiger partial charge in [0.15, 0.2) is 0 Å². The average molecular weight is 182 g/mol. The Morgan fingerprint density at radius 1 is 1.42 bits per heavy atom. The first kappa shape index (κ1) is 9.27. The quantitative estimate of drug-likeness (QED) is 0.638. The van der Waals surface area contributed by atoms with Crippen LogP contribution in [-0.2, 0) is 0 Å². The normalized spacial score (nSPS) is 11.3. The summed E-state index contributed by atoms with van der Waals surface area (Å²) in [5.41, 5.74) is 1.09. The van der Waals surface area contributed by atoms with E-state index in [4.69, 9.17) is 11.6 Å². The van der Waals surface area contributed by atoms with Crippen molar-refractivity contribution in [3.8, 4) is 0 Å². The van der Waals surface area contributed by atoms with Crippen LogP contribution in [0.5, 0.6) is 0 Å². The molecule has 1 heterocycles. The van der Waals surface area contributed by atoms with Crippen LogP contribution in [0.1, 0.15) is 19.4 Å². The number of hydrogen-bond acceptors (Lipinski definition) is 1. The van der Waals surface area contributed by atoms with Crippen LogP contribution < -0.4 is 0 Å². The molecule has 64 valence electrons. The van der Waals surface area contributed by atoms with Crippen molar-refractivity contribution in [2.24, 2.45) is 5.92 Å². The second-order valence-corrected chi connectivity index (χ2v) is 3.40. The van der Waals surface area contributed by atoms with E-state index in [0.717, 1.165) is 5.56 Å². The molecule has 0 saturated carbocycles. The summed E-state index contributed by atoms with van der Waals surface area (Å²) in [6.07, 6.45) is 5.94. The molecule has 0 amide bonds. The molecule has 1 nitrogen and oxygen atoms in total. The highest BCUT2D eigenvalue weighted by Crippen LogP contribution is 2.07. The van der Waals surface area contributed by atoms with E-state index in [1.807, 2.05) is 12.1 Å². The van der Waals surface area contributed by atoms with Crippen molar-refractivity contribution >= 4 is 17.7 Å². The molecule has 0 unspecified atom stereocenters. The van der Waals surface area contributed by atoms with Gasteiger partial charge >= 0.3 is 0 Å². The number of halogens is 1. The Kier molecular flexibility index (Phi) is 3.30. The van der Waals surface area contributed by atoms with Gasteiger partial charge in [0.1, 0.15) is 5.15 Å². The van der Waals surface area contributed by atoms with E-state index >= 15 is 0 Å². The average Bonchev–Trinajstić information content (AvgIpc) is 2.03. The molecule has 0 aromatic carbocycles. The van der Waals surface area contributed by atoms with E-state index in [1.54, 1.807) is 12.3 Å². The Balaban J connectivity index is 2.71. The van der Waals surface area contributed by atoms with Crippen LogP contribution in [0.3, 0.4) is 0 Å². The molecule has 0 aliphatic rings. The fraction of sp³-hybridized carbons (Fsp3) is 0.300. The van der Waals surface area contributed by atoms with Crippen LogP contribution in [0.25, 0.3) is 6.08 Å². The van der Waals surface area contributed by atoms with E-state index in [0.29, 0.717) is 11.1 Å². The van der Waals surface area contributed by atoms with Gasteiger partial charge in [-0.15, -0.1) is 0 Å². The van der Waals surface area contributed by atoms with Crippen molar-refractivity contribution in [1.82, 2.24) is 4.98 Å². The summed E-state index contributed by atoms with van der Waals surface area (Å²) in [7, 11) is 0. The zero-order valence-electron chi connectivity index (χ0n) is 7.29. The number of aromatic nitrogens is 1. The first-order valence-corrected chi connectivity index (χ1v) is 4.36. The van der Waals surface area contributed by atoms with Gasteiger partial charge in [-0.25, -0.2) is 4.98 Å². The number of rotatable bonds is 2. The lowest BCUT2D eigenvalue weighted by atomic mass is 10.1. The molecular formula is C10H12ClN. The lowest BCUT2D eigenvalue weighted by Crippen LogP contribution is -1.79. The second-order valence-electron chi connectivity index (χ2n) is 3.02. The minimum absolute atomic E-state index is 0.539. The van der Waals surface area contributed by atoms with Crippen molar-refractivity contribution in [3.63, 3.8) is 0 Å². The number of pyridine rings is 1. The van der Waals surface area contributed by atoms with Crippen molar-refractivity contribution in [3.05, 3.63) is 35.1 Å². The van der Waals surface area contributed by atoms with Crippen molar-refractivity contribution in [2.45, 2.75) is 13.8 Å². The van der Waals surface area contributed by atoms with Crippen LogP contribution in [0.2, 0.25) is 5.15 Å². The highest BCUT2D eigenvalue weighted by atomic mass is 35.5. The van der Waals surface area contributed by atoms with Gasteiger partial charge in [-0.05, 0) is 17.5 Å². The van der Waals surface area contributed by atoms with Gasteiger partial charge in [-0.2, -0.15) is 0 Å². The Bertz CT molecular complexity index is 262. The molecule has 0 atom stereocenters. The third-order valence-corrected chi connectivity index (χ3v) is 1.65. The van der Waals surface area contributed by atoms with Crippen LogP contribution in [0.4, 0.5) is 0 Å². The minimum Gasteiger partial charge on any atom is -0.244 e. The Morgan fingerprint density at radius 2 is 2.17 bits per heavy atom. The predicted molar refractivity (Wildman–Crippen MR) is 53.1 cm³/mol. The maximum Gasteiger partial charge on any atom is 0.129 e. The standard InChI is InChI=1S/C10H12ClN/c1-8(2)3-4-9-5-6-10(11)12-7-9/h3-8H,1-2H3/b4-3+. The molecular weight excluding hydrogens is 170 g/mol. The van der Waals surface area contributed by atoms with Crippen LogP contribution in [0.15, 0.2) is 24.4 Å². The van der Waals surface area contributed by atoms with Gasteiger partial charge in [0, 0.05) is 6.20 Å². The van der Waals surface area contributed by atoms with Gasteiger partial charge in [0.2, 0.25) is 0 Å². The molecule has 0 N–H and O–H groups in total. The van der Waals surface area contributed by atoms with Gasteiger partial charge in [0.05, 0.1) is 0 Å². The first-order chi connectivity index (χ1) is 5.68. The van der Waals surface area contributed by atoms with Gasteiger partial charge in [-0.1, -0.05) is 43.7 Å². The summed E-state index contributed by atoms with van der Waals surface area (Å²) in [6.45, 7) is 4.28. The maximum atomic E-state index is 5.64. The molecule has 0 spiro atoms. The van der Waals surface area contributed by atoms with E-state index < -0.39 is 0 Å². The van der Waals surface area contributed by atoms with E-state index in [1.165, 1.54) is 0 Å². The molecule has 2 heteroatoms. The third kappa shape index (κ3) is 3.05. The molecule has 1 aromatic heterocycles. The lowest BCUT2D eigenvalue weighted by Gasteiger charge is -1.94. The zero-order chi connectivity index (χ0) is 8.97. The number of allylic oxidation sites excluding steroid dienone is 1. The molecule has 0 aliphatic carbocycles. The molecule has 0 fully saturated rings. The van der Waals surface area contributed by atoms with E-state index in [9.17, 15) is 0 Å². The number of hydrogen-bond donors (Lipinski definition) is 0. The topological polar surface area (TPSA) is 12.9 Å². The van der Waals surface area contributed by atoms with Crippen LogP contribution in [0, 0.1) is 5.92 Å². The molecule has 1 aromatic rings. The second kappa shape index (κ2) is 4.27. The van der Waals surface area contributed by atoms with Gasteiger partial charge in [-0.3, -0.25) is 0 Å². The van der Waals surface area contributed by atoms with Gasteiger partial charge in [0.25, 0.3) is 0 Å². The Labute approximate surface area is 78.1 Å². The summed E-state index contributed by atoms with van der Waals surface area (Å²) < 4.78 is 0. The molecule has 0 saturated heterocycles. The summed E-state index contributed by atoms with van der Waals surface area (Å²) in [6, 6.07) is 3.75. The lowest BCUT2D eigenvalue weighted by molar-refractivity contribution is 0.836. The van der Waals surface area contributed by atoms with E-state index in [2.05, 4.69) is 24.9 Å². The van der Waals surface area contributed by atoms with Crippen LogP contribution >= 0.6 is 11.6 Å². The Morgan fingerprint density at radius 3 is 2.67 bits per heavy atom. The van der Waals surface area contributed by atoms with Gasteiger partial charge < -0.3 is 0 Å². The first-order valence-electron chi connectivity index (χ1n) is 3.98. The fourth-order valence-electron chi connectivity index (χ4n) is 0.789. The fourth-order valence-corrected chi connectivity index (χ4v) is 0.901. The molecule has 0 radical (unpaired) electrons. The summed E-state index contributed by atoms with van der Waals surface area (Å²) in [5, 5.41) is 0.539. The molecule has 1 rings (SSSR count). The summed E-state index contributed by atoms with van der Waals surface area (Å²) in [5.74, 6) is 0.570. The maximum absolute atomic E-state index is 5.64. The zero-order valence-corrected chi connectivity index (χ0v) is 8.05. The predicted octanol–water partition coefficient (Wildman–Crippen LogP) is 3.40. The van der Waals surface area contributed by atoms with Crippen LogP contribution in [-0.4, -0.2) is 4.98 Å².